The fraction of sp³-hybridized carbons (Fsp3) is 0.333. The SMILES string of the molecule is CCOCC(=O)NC(Cc1ccc(-c2cccc(Cl)c2)cc1)CC(O)C(=O)O. The van der Waals surface area contributed by atoms with Gasteiger partial charge in [0, 0.05) is 24.1 Å². The van der Waals surface area contributed by atoms with E-state index >= 15 is 0 Å². The van der Waals surface area contributed by atoms with Gasteiger partial charge in [-0.2, -0.15) is 0 Å². The molecule has 2 aromatic rings. The molecule has 2 atom stereocenters. The van der Waals surface area contributed by atoms with E-state index in [0.29, 0.717) is 18.1 Å². The molecule has 0 saturated heterocycles. The summed E-state index contributed by atoms with van der Waals surface area (Å²) in [5.41, 5.74) is 2.89. The van der Waals surface area contributed by atoms with Gasteiger partial charge in [0.15, 0.2) is 6.10 Å². The van der Waals surface area contributed by atoms with E-state index in [0.717, 1.165) is 16.7 Å². The molecule has 6 nitrogen and oxygen atoms in total. The lowest BCUT2D eigenvalue weighted by Gasteiger charge is -2.20. The molecule has 2 aromatic carbocycles. The molecule has 0 spiro atoms. The van der Waals surface area contributed by atoms with E-state index in [9.17, 15) is 14.7 Å². The molecule has 0 aliphatic heterocycles. The van der Waals surface area contributed by atoms with Crippen molar-refractivity contribution in [1.82, 2.24) is 5.32 Å². The number of aliphatic hydroxyl groups is 1. The average Bonchev–Trinajstić information content (AvgIpc) is 2.66. The molecular formula is C21H24ClNO5. The number of rotatable bonds is 10. The molecule has 0 aliphatic carbocycles. The van der Waals surface area contributed by atoms with Crippen molar-refractivity contribution in [2.45, 2.75) is 31.9 Å². The van der Waals surface area contributed by atoms with Gasteiger partial charge in [0.1, 0.15) is 6.61 Å². The molecule has 0 radical (unpaired) electrons. The first-order valence-electron chi connectivity index (χ1n) is 9.02. The summed E-state index contributed by atoms with van der Waals surface area (Å²) in [6.45, 7) is 2.07. The molecule has 0 fully saturated rings. The Balaban J connectivity index is 2.08. The van der Waals surface area contributed by atoms with Crippen LogP contribution in [0.25, 0.3) is 11.1 Å². The van der Waals surface area contributed by atoms with E-state index in [-0.39, 0.29) is 18.9 Å². The Labute approximate surface area is 169 Å². The minimum atomic E-state index is -1.55. The van der Waals surface area contributed by atoms with Crippen molar-refractivity contribution < 1.29 is 24.5 Å². The van der Waals surface area contributed by atoms with Crippen molar-refractivity contribution in [3.05, 3.63) is 59.1 Å². The van der Waals surface area contributed by atoms with E-state index < -0.39 is 18.1 Å². The second-order valence-corrected chi connectivity index (χ2v) is 6.84. The topological polar surface area (TPSA) is 95.9 Å². The van der Waals surface area contributed by atoms with E-state index in [4.69, 9.17) is 21.4 Å². The van der Waals surface area contributed by atoms with Crippen LogP contribution in [0, 0.1) is 0 Å². The Morgan fingerprint density at radius 3 is 2.46 bits per heavy atom. The summed E-state index contributed by atoms with van der Waals surface area (Å²) in [4.78, 5) is 22.9. The number of amides is 1. The lowest BCUT2D eigenvalue weighted by atomic mass is 9.98. The maximum absolute atomic E-state index is 11.9. The fourth-order valence-corrected chi connectivity index (χ4v) is 3.00. The van der Waals surface area contributed by atoms with E-state index in [1.807, 2.05) is 48.5 Å². The molecule has 0 bridgehead atoms. The van der Waals surface area contributed by atoms with E-state index in [2.05, 4.69) is 5.32 Å². The van der Waals surface area contributed by atoms with Gasteiger partial charge in [-0.05, 0) is 42.2 Å². The zero-order chi connectivity index (χ0) is 20.5. The fourth-order valence-electron chi connectivity index (χ4n) is 2.81. The highest BCUT2D eigenvalue weighted by atomic mass is 35.5. The molecule has 2 unspecified atom stereocenters. The predicted octanol–water partition coefficient (Wildman–Crippen LogP) is 2.91. The van der Waals surface area contributed by atoms with Crippen LogP contribution in [-0.2, 0) is 20.7 Å². The number of carboxylic acid groups (broad SMARTS) is 1. The molecule has 1 amide bonds. The number of aliphatic carboxylic acids is 1. The monoisotopic (exact) mass is 405 g/mol. The van der Waals surface area contributed by atoms with Crippen LogP contribution in [0.5, 0.6) is 0 Å². The minimum Gasteiger partial charge on any atom is -0.479 e. The predicted molar refractivity (Wildman–Crippen MR) is 107 cm³/mol. The standard InChI is InChI=1S/C21H24ClNO5/c1-2-28-13-20(25)23-18(12-19(24)21(26)27)10-14-6-8-15(9-7-14)16-4-3-5-17(22)11-16/h3-9,11,18-19,24H,2,10,12-13H2,1H3,(H,23,25)(H,26,27). The highest BCUT2D eigenvalue weighted by Gasteiger charge is 2.22. The largest absolute Gasteiger partial charge is 0.479 e. The zero-order valence-corrected chi connectivity index (χ0v) is 16.4. The lowest BCUT2D eigenvalue weighted by molar-refractivity contribution is -0.147. The molecule has 3 N–H and O–H groups in total. The lowest BCUT2D eigenvalue weighted by Crippen LogP contribution is -2.42. The van der Waals surface area contributed by atoms with Crippen LogP contribution >= 0.6 is 11.6 Å². The van der Waals surface area contributed by atoms with Crippen LogP contribution in [0.3, 0.4) is 0 Å². The Morgan fingerprint density at radius 1 is 1.14 bits per heavy atom. The van der Waals surface area contributed by atoms with Gasteiger partial charge >= 0.3 is 5.97 Å². The van der Waals surface area contributed by atoms with Crippen LogP contribution < -0.4 is 5.32 Å². The summed E-state index contributed by atoms with van der Waals surface area (Å²) in [6, 6.07) is 14.7. The van der Waals surface area contributed by atoms with Gasteiger partial charge in [0.2, 0.25) is 5.91 Å². The molecule has 0 aliphatic rings. The number of ether oxygens (including phenoxy) is 1. The Morgan fingerprint density at radius 2 is 1.86 bits per heavy atom. The van der Waals surface area contributed by atoms with E-state index in [1.165, 1.54) is 0 Å². The zero-order valence-electron chi connectivity index (χ0n) is 15.6. The Hall–Kier alpha value is -2.41. The van der Waals surface area contributed by atoms with E-state index in [1.54, 1.807) is 6.92 Å². The number of carboxylic acids is 1. The normalized spacial score (nSPS) is 13.0. The smallest absolute Gasteiger partial charge is 0.332 e. The first-order chi connectivity index (χ1) is 13.4. The van der Waals surface area contributed by atoms with Gasteiger partial charge in [0.05, 0.1) is 0 Å². The number of hydrogen-bond acceptors (Lipinski definition) is 4. The van der Waals surface area contributed by atoms with Crippen LogP contribution in [0.15, 0.2) is 48.5 Å². The van der Waals surface area contributed by atoms with Crippen molar-refractivity contribution in [1.29, 1.82) is 0 Å². The summed E-state index contributed by atoms with van der Waals surface area (Å²) >= 11 is 6.03. The van der Waals surface area contributed by atoms with Gasteiger partial charge < -0.3 is 20.3 Å². The summed E-state index contributed by atoms with van der Waals surface area (Å²) in [5.74, 6) is -1.67. The van der Waals surface area contributed by atoms with Crippen LogP contribution in [0.2, 0.25) is 5.02 Å². The third-order valence-corrected chi connectivity index (χ3v) is 4.42. The molecule has 2 rings (SSSR count). The maximum Gasteiger partial charge on any atom is 0.332 e. The molecule has 0 aromatic heterocycles. The Kier molecular flexibility index (Phi) is 8.44. The van der Waals surface area contributed by atoms with Crippen LogP contribution in [-0.4, -0.2) is 47.4 Å². The second-order valence-electron chi connectivity index (χ2n) is 6.40. The van der Waals surface area contributed by atoms with Gasteiger partial charge in [-0.15, -0.1) is 0 Å². The van der Waals surface area contributed by atoms with Crippen LogP contribution in [0.1, 0.15) is 18.9 Å². The third-order valence-electron chi connectivity index (χ3n) is 4.19. The molecule has 150 valence electrons. The van der Waals surface area contributed by atoms with Crippen LogP contribution in [0.4, 0.5) is 0 Å². The number of aliphatic hydroxyl groups excluding tert-OH is 1. The highest BCUT2D eigenvalue weighted by Crippen LogP contribution is 2.23. The minimum absolute atomic E-state index is 0.0940. The first-order valence-corrected chi connectivity index (χ1v) is 9.39. The van der Waals surface area contributed by atoms with Gasteiger partial charge in [-0.1, -0.05) is 48.0 Å². The van der Waals surface area contributed by atoms with Crippen molar-refractivity contribution >= 4 is 23.5 Å². The summed E-state index contributed by atoms with van der Waals surface area (Å²) in [7, 11) is 0. The molecular weight excluding hydrogens is 382 g/mol. The second kappa shape index (κ2) is 10.8. The number of nitrogens with one attached hydrogen (secondary N) is 1. The highest BCUT2D eigenvalue weighted by molar-refractivity contribution is 6.30. The average molecular weight is 406 g/mol. The quantitative estimate of drug-likeness (QED) is 0.564. The summed E-state index contributed by atoms with van der Waals surface area (Å²) < 4.78 is 5.07. The number of hydrogen-bond donors (Lipinski definition) is 3. The molecule has 28 heavy (non-hydrogen) atoms. The number of halogens is 1. The first kappa shape index (κ1) is 21.9. The molecule has 0 heterocycles. The third kappa shape index (κ3) is 6.96. The van der Waals surface area contributed by atoms with Crippen molar-refractivity contribution in [3.8, 4) is 11.1 Å². The molecule has 7 heteroatoms. The van der Waals surface area contributed by atoms with Gasteiger partial charge in [0.25, 0.3) is 0 Å². The van der Waals surface area contributed by atoms with Gasteiger partial charge in [-0.3, -0.25) is 4.79 Å². The number of carbonyl (C=O) groups is 2. The Bertz CT molecular complexity index is 794. The summed E-state index contributed by atoms with van der Waals surface area (Å²) in [6.07, 6.45) is -1.26. The van der Waals surface area contributed by atoms with Crippen molar-refractivity contribution in [3.63, 3.8) is 0 Å². The number of benzene rings is 2. The number of carbonyl (C=O) groups excluding carboxylic acids is 1. The van der Waals surface area contributed by atoms with Crippen molar-refractivity contribution in [2.24, 2.45) is 0 Å². The summed E-state index contributed by atoms with van der Waals surface area (Å²) in [5, 5.41) is 22.0. The maximum atomic E-state index is 11.9. The van der Waals surface area contributed by atoms with Crippen molar-refractivity contribution in [2.75, 3.05) is 13.2 Å². The van der Waals surface area contributed by atoms with Gasteiger partial charge in [-0.25, -0.2) is 4.79 Å². The molecule has 0 saturated carbocycles.